The minimum Gasteiger partial charge on any atom is -0.387 e. The maximum atomic E-state index is 10.7. The Hall–Kier alpha value is -0.120. The van der Waals surface area contributed by atoms with Gasteiger partial charge in [0.15, 0.2) is 0 Å². The van der Waals surface area contributed by atoms with Crippen molar-refractivity contribution in [1.82, 2.24) is 9.80 Å². The molecule has 0 bridgehead atoms. The Kier molecular flexibility index (Phi) is 5.94. The van der Waals surface area contributed by atoms with Crippen LogP contribution < -0.4 is 0 Å². The van der Waals surface area contributed by atoms with Crippen molar-refractivity contribution in [2.45, 2.75) is 51.7 Å². The van der Waals surface area contributed by atoms with E-state index in [0.29, 0.717) is 0 Å². The van der Waals surface area contributed by atoms with E-state index in [9.17, 15) is 5.11 Å². The summed E-state index contributed by atoms with van der Waals surface area (Å²) >= 11 is 0. The van der Waals surface area contributed by atoms with Gasteiger partial charge in [0.2, 0.25) is 0 Å². The highest BCUT2D eigenvalue weighted by Crippen LogP contribution is 2.33. The Morgan fingerprint density at radius 2 is 1.75 bits per heavy atom. The predicted molar refractivity (Wildman–Crippen MR) is 70.8 cm³/mol. The maximum Gasteiger partial charge on any atom is 0.0951 e. The smallest absolute Gasteiger partial charge is 0.0951 e. The first kappa shape index (κ1) is 15.9. The fraction of sp³-hybridized carbons (Fsp3) is 1.00. The van der Waals surface area contributed by atoms with Crippen LogP contribution in [-0.4, -0.2) is 60.3 Å². The number of piperidine rings is 1. The first-order valence-corrected chi connectivity index (χ1v) is 6.38. The molecular weight excluding hydrogens is 200 g/mol. The molecule has 16 heavy (non-hydrogen) atoms. The molecule has 3 nitrogen and oxygen atoms in total. The fourth-order valence-electron chi connectivity index (χ4n) is 2.16. The average molecular weight is 230 g/mol. The van der Waals surface area contributed by atoms with E-state index in [0.717, 1.165) is 25.9 Å². The van der Waals surface area contributed by atoms with Gasteiger partial charge in [-0.3, -0.25) is 0 Å². The van der Waals surface area contributed by atoms with E-state index in [-0.39, 0.29) is 5.54 Å². The van der Waals surface area contributed by atoms with Crippen LogP contribution in [0.1, 0.15) is 40.5 Å². The predicted octanol–water partition coefficient (Wildman–Crippen LogP) is 1.81. The molecule has 1 rings (SSSR count). The Morgan fingerprint density at radius 1 is 1.25 bits per heavy atom. The van der Waals surface area contributed by atoms with Gasteiger partial charge in [-0.2, -0.15) is 0 Å². The van der Waals surface area contributed by atoms with E-state index in [2.05, 4.69) is 30.7 Å². The second-order valence-electron chi connectivity index (χ2n) is 5.33. The summed E-state index contributed by atoms with van der Waals surface area (Å²) in [4.78, 5) is 4.33. The van der Waals surface area contributed by atoms with Crippen molar-refractivity contribution in [2.75, 3.05) is 34.2 Å². The van der Waals surface area contributed by atoms with Crippen LogP contribution in [0.3, 0.4) is 0 Å². The van der Waals surface area contributed by atoms with Crippen LogP contribution in [0.25, 0.3) is 0 Å². The zero-order valence-corrected chi connectivity index (χ0v) is 12.2. The van der Waals surface area contributed by atoms with Crippen LogP contribution in [-0.2, 0) is 0 Å². The van der Waals surface area contributed by atoms with E-state index in [4.69, 9.17) is 0 Å². The zero-order chi connectivity index (χ0) is 13.0. The van der Waals surface area contributed by atoms with Crippen LogP contribution in [0.4, 0.5) is 0 Å². The van der Waals surface area contributed by atoms with Gasteiger partial charge in [0.25, 0.3) is 0 Å². The molecule has 0 aliphatic carbocycles. The summed E-state index contributed by atoms with van der Waals surface area (Å²) in [6, 6.07) is 0. The van der Waals surface area contributed by atoms with E-state index in [1.54, 1.807) is 0 Å². The Balaban J connectivity index is 0.00000106. The van der Waals surface area contributed by atoms with Crippen LogP contribution in [0.5, 0.6) is 0 Å². The standard InChI is InChI=1S/C11H24N2O.C2H6/c1-10(2,12(3)4)11(14)7-6-8-13(5)9-11;1-2/h14H,6-9H2,1-5H3;1-2H3. The molecule has 1 aliphatic heterocycles. The Bertz CT molecular complexity index is 204. The fourth-order valence-corrected chi connectivity index (χ4v) is 2.16. The van der Waals surface area contributed by atoms with Gasteiger partial charge >= 0.3 is 0 Å². The summed E-state index contributed by atoms with van der Waals surface area (Å²) in [5.74, 6) is 0. The molecule has 1 saturated heterocycles. The third-order valence-corrected chi connectivity index (χ3v) is 3.92. The van der Waals surface area contributed by atoms with Crippen molar-refractivity contribution >= 4 is 0 Å². The van der Waals surface area contributed by atoms with Crippen LogP contribution in [0.15, 0.2) is 0 Å². The van der Waals surface area contributed by atoms with Crippen molar-refractivity contribution in [3.63, 3.8) is 0 Å². The van der Waals surface area contributed by atoms with Gasteiger partial charge in [-0.05, 0) is 54.4 Å². The molecule has 1 unspecified atom stereocenters. The van der Waals surface area contributed by atoms with Crippen molar-refractivity contribution < 1.29 is 5.11 Å². The molecular formula is C13H30N2O. The third kappa shape index (κ3) is 3.19. The van der Waals surface area contributed by atoms with Gasteiger partial charge in [0, 0.05) is 12.1 Å². The van der Waals surface area contributed by atoms with Gasteiger partial charge < -0.3 is 14.9 Å². The van der Waals surface area contributed by atoms with Crippen molar-refractivity contribution in [2.24, 2.45) is 0 Å². The topological polar surface area (TPSA) is 26.7 Å². The second kappa shape index (κ2) is 5.99. The van der Waals surface area contributed by atoms with E-state index < -0.39 is 5.60 Å². The van der Waals surface area contributed by atoms with Crippen molar-refractivity contribution in [1.29, 1.82) is 0 Å². The highest BCUT2D eigenvalue weighted by Gasteiger charge is 2.46. The molecule has 0 radical (unpaired) electrons. The number of hydrogen-bond acceptors (Lipinski definition) is 3. The molecule has 1 atom stereocenters. The van der Waals surface area contributed by atoms with Gasteiger partial charge in [0.05, 0.1) is 5.60 Å². The molecule has 1 N–H and O–H groups in total. The van der Waals surface area contributed by atoms with Gasteiger partial charge in [-0.25, -0.2) is 0 Å². The Labute approximate surface area is 101 Å². The normalized spacial score (nSPS) is 27.6. The van der Waals surface area contributed by atoms with Gasteiger partial charge in [-0.1, -0.05) is 13.8 Å². The number of hydrogen-bond donors (Lipinski definition) is 1. The number of likely N-dealkylation sites (tertiary alicyclic amines) is 1. The van der Waals surface area contributed by atoms with E-state index in [1.807, 2.05) is 27.9 Å². The molecule has 3 heteroatoms. The summed E-state index contributed by atoms with van der Waals surface area (Å²) in [6.07, 6.45) is 1.99. The highest BCUT2D eigenvalue weighted by molar-refractivity contribution is 5.03. The molecule has 0 saturated carbocycles. The number of likely N-dealkylation sites (N-methyl/N-ethyl adjacent to an activating group) is 2. The summed E-state index contributed by atoms with van der Waals surface area (Å²) in [6.45, 7) is 10.1. The van der Waals surface area contributed by atoms with Crippen LogP contribution in [0.2, 0.25) is 0 Å². The van der Waals surface area contributed by atoms with E-state index in [1.165, 1.54) is 0 Å². The first-order valence-electron chi connectivity index (χ1n) is 6.38. The quantitative estimate of drug-likeness (QED) is 0.784. The maximum absolute atomic E-state index is 10.7. The number of aliphatic hydroxyl groups is 1. The average Bonchev–Trinajstić information content (AvgIpc) is 2.20. The van der Waals surface area contributed by atoms with Crippen molar-refractivity contribution in [3.8, 4) is 0 Å². The second-order valence-corrected chi connectivity index (χ2v) is 5.33. The lowest BCUT2D eigenvalue weighted by molar-refractivity contribution is -0.117. The summed E-state index contributed by atoms with van der Waals surface area (Å²) < 4.78 is 0. The number of rotatable bonds is 2. The highest BCUT2D eigenvalue weighted by atomic mass is 16.3. The first-order chi connectivity index (χ1) is 7.29. The largest absolute Gasteiger partial charge is 0.387 e. The molecule has 0 aromatic rings. The minimum atomic E-state index is -0.580. The SMILES string of the molecule is CC.CN1CCCC(O)(C(C)(C)N(C)C)C1. The minimum absolute atomic E-state index is 0.165. The summed E-state index contributed by atoms with van der Waals surface area (Å²) in [5.41, 5.74) is -0.745. The van der Waals surface area contributed by atoms with Crippen molar-refractivity contribution in [3.05, 3.63) is 0 Å². The summed E-state index contributed by atoms with van der Waals surface area (Å²) in [7, 11) is 6.15. The molecule has 0 aromatic carbocycles. The molecule has 1 fully saturated rings. The molecule has 0 spiro atoms. The van der Waals surface area contributed by atoms with E-state index >= 15 is 0 Å². The zero-order valence-electron chi connectivity index (χ0n) is 12.2. The molecule has 1 heterocycles. The molecule has 0 aromatic heterocycles. The molecule has 0 amide bonds. The van der Waals surface area contributed by atoms with Crippen LogP contribution >= 0.6 is 0 Å². The molecule has 98 valence electrons. The van der Waals surface area contributed by atoms with Crippen LogP contribution in [0, 0.1) is 0 Å². The lowest BCUT2D eigenvalue weighted by atomic mass is 9.76. The monoisotopic (exact) mass is 230 g/mol. The number of nitrogens with zero attached hydrogens (tertiary/aromatic N) is 2. The number of β-amino-alcohol motifs (C(OH)–C–C–N with tert-alkyl or cyclic N) is 1. The lowest BCUT2D eigenvalue weighted by Crippen LogP contribution is -2.64. The third-order valence-electron chi connectivity index (χ3n) is 3.92. The lowest BCUT2D eigenvalue weighted by Gasteiger charge is -2.51. The Morgan fingerprint density at radius 3 is 2.12 bits per heavy atom. The van der Waals surface area contributed by atoms with Gasteiger partial charge in [0.1, 0.15) is 0 Å². The summed E-state index contributed by atoms with van der Waals surface area (Å²) in [5, 5.41) is 10.7. The molecule has 1 aliphatic rings. The van der Waals surface area contributed by atoms with Gasteiger partial charge in [-0.15, -0.1) is 0 Å².